The fourth-order valence-corrected chi connectivity index (χ4v) is 5.46. The Balaban J connectivity index is 1.75. The van der Waals surface area contributed by atoms with Crippen LogP contribution in [0.1, 0.15) is 57.1 Å². The second-order valence-corrected chi connectivity index (χ2v) is 9.90. The molecule has 1 fully saturated rings. The third kappa shape index (κ3) is 5.61. The van der Waals surface area contributed by atoms with Gasteiger partial charge >= 0.3 is 6.18 Å². The molecule has 2 aliphatic heterocycles. The summed E-state index contributed by atoms with van der Waals surface area (Å²) >= 11 is 0. The van der Waals surface area contributed by atoms with Crippen LogP contribution >= 0.6 is 0 Å². The monoisotopic (exact) mass is 487 g/mol. The van der Waals surface area contributed by atoms with Gasteiger partial charge in [0.25, 0.3) is 0 Å². The summed E-state index contributed by atoms with van der Waals surface area (Å²) in [6.07, 6.45) is -1.46. The van der Waals surface area contributed by atoms with Gasteiger partial charge in [-0.3, -0.25) is 0 Å². The molecule has 0 bridgehead atoms. The molecule has 0 aliphatic carbocycles. The lowest BCUT2D eigenvalue weighted by Gasteiger charge is -2.47. The fourth-order valence-electron chi connectivity index (χ4n) is 5.46. The molecule has 4 rings (SSSR count). The number of allylic oxidation sites excluding steroid dienone is 1. The van der Waals surface area contributed by atoms with Gasteiger partial charge < -0.3 is 15.1 Å². The Kier molecular flexibility index (Phi) is 7.64. The Morgan fingerprint density at radius 3 is 2.46 bits per heavy atom. The number of hydroxylamine groups is 2. The zero-order valence-corrected chi connectivity index (χ0v) is 21.0. The molecule has 190 valence electrons. The summed E-state index contributed by atoms with van der Waals surface area (Å²) in [5.74, 6) is 1.47. The van der Waals surface area contributed by atoms with Crippen LogP contribution in [0.4, 0.5) is 13.2 Å². The summed E-state index contributed by atoms with van der Waals surface area (Å²) < 4.78 is 40.1. The van der Waals surface area contributed by atoms with Crippen LogP contribution in [-0.4, -0.2) is 42.2 Å². The van der Waals surface area contributed by atoms with Crippen LogP contribution in [0.2, 0.25) is 0 Å². The molecule has 2 aromatic carbocycles. The van der Waals surface area contributed by atoms with Crippen molar-refractivity contribution >= 4 is 0 Å². The van der Waals surface area contributed by atoms with Crippen molar-refractivity contribution in [2.24, 2.45) is 5.92 Å². The fraction of sp³-hybridized carbons (Fsp3) is 0.500. The largest absolute Gasteiger partial charge is 0.416 e. The summed E-state index contributed by atoms with van der Waals surface area (Å²) in [5.41, 5.74) is 1.77. The number of nitrogens with one attached hydrogen (secondary N) is 1. The van der Waals surface area contributed by atoms with E-state index in [1.807, 2.05) is 11.1 Å². The number of halogens is 3. The highest BCUT2D eigenvalue weighted by atomic mass is 19.4. The van der Waals surface area contributed by atoms with Crippen molar-refractivity contribution in [3.05, 3.63) is 77.1 Å². The topological polar surface area (TPSA) is 27.7 Å². The quantitative estimate of drug-likeness (QED) is 0.508. The lowest BCUT2D eigenvalue weighted by Crippen LogP contribution is -2.54. The number of hydrogen-bond acceptors (Lipinski definition) is 4. The molecule has 2 aliphatic rings. The molecule has 7 heteroatoms. The maximum atomic E-state index is 13.4. The highest BCUT2D eigenvalue weighted by Crippen LogP contribution is 2.44. The number of piperidine rings is 1. The Labute approximate surface area is 206 Å². The summed E-state index contributed by atoms with van der Waals surface area (Å²) in [6.45, 7) is 8.42. The smallest absolute Gasteiger partial charge is 0.378 e. The number of benzene rings is 2. The molecule has 0 unspecified atom stereocenters. The number of nitrogens with zero attached hydrogens (tertiary/aromatic N) is 2. The predicted molar refractivity (Wildman–Crippen MR) is 133 cm³/mol. The molecule has 1 N–H and O–H groups in total. The third-order valence-electron chi connectivity index (χ3n) is 7.43. The highest BCUT2D eigenvalue weighted by Gasteiger charge is 2.41. The second-order valence-electron chi connectivity index (χ2n) is 9.90. The molecule has 4 nitrogen and oxygen atoms in total. The van der Waals surface area contributed by atoms with Crippen molar-refractivity contribution in [3.8, 4) is 5.75 Å². The zero-order chi connectivity index (χ0) is 25.2. The van der Waals surface area contributed by atoms with Crippen LogP contribution in [-0.2, 0) is 6.18 Å². The maximum absolute atomic E-state index is 13.4. The van der Waals surface area contributed by atoms with Crippen LogP contribution in [0.3, 0.4) is 0 Å². The van der Waals surface area contributed by atoms with Gasteiger partial charge in [-0.15, -0.1) is 0 Å². The minimum atomic E-state index is -4.42. The number of likely N-dealkylation sites (N-methyl/N-ethyl adjacent to an activating group) is 1. The van der Waals surface area contributed by atoms with Gasteiger partial charge in [-0.1, -0.05) is 50.2 Å². The third-order valence-corrected chi connectivity index (χ3v) is 7.43. The van der Waals surface area contributed by atoms with Crippen molar-refractivity contribution in [1.82, 2.24) is 15.3 Å². The zero-order valence-electron chi connectivity index (χ0n) is 21.0. The van der Waals surface area contributed by atoms with E-state index in [2.05, 4.69) is 62.3 Å². The van der Waals surface area contributed by atoms with E-state index in [1.54, 1.807) is 6.07 Å². The Hall–Kier alpha value is -2.67. The number of alkyl halides is 3. The van der Waals surface area contributed by atoms with E-state index in [0.717, 1.165) is 50.3 Å². The average Bonchev–Trinajstić information content (AvgIpc) is 2.83. The van der Waals surface area contributed by atoms with E-state index in [-0.39, 0.29) is 29.7 Å². The summed E-state index contributed by atoms with van der Waals surface area (Å²) in [5, 5.41) is 5.60. The van der Waals surface area contributed by atoms with E-state index in [1.165, 1.54) is 17.2 Å². The molecule has 2 heterocycles. The first-order valence-electron chi connectivity index (χ1n) is 12.6. The minimum absolute atomic E-state index is 0.0612. The van der Waals surface area contributed by atoms with Crippen LogP contribution < -0.4 is 10.2 Å². The normalized spacial score (nSPS) is 26.1. The Morgan fingerprint density at radius 2 is 1.80 bits per heavy atom. The molecule has 1 saturated heterocycles. The molecule has 0 saturated carbocycles. The first kappa shape index (κ1) is 25.4. The number of hydrogen-bond donors (Lipinski definition) is 1. The van der Waals surface area contributed by atoms with E-state index in [9.17, 15) is 13.2 Å². The lowest BCUT2D eigenvalue weighted by atomic mass is 9.74. The molecule has 0 radical (unpaired) electrons. The van der Waals surface area contributed by atoms with Gasteiger partial charge in [0.15, 0.2) is 5.75 Å². The number of rotatable bonds is 6. The first-order valence-corrected chi connectivity index (χ1v) is 12.6. The van der Waals surface area contributed by atoms with Gasteiger partial charge in [0.1, 0.15) is 5.82 Å². The highest BCUT2D eigenvalue weighted by molar-refractivity contribution is 5.36. The molecule has 0 spiro atoms. The molecule has 35 heavy (non-hydrogen) atoms. The maximum Gasteiger partial charge on any atom is 0.416 e. The molecule has 4 atom stereocenters. The van der Waals surface area contributed by atoms with Crippen LogP contribution in [0.15, 0.2) is 66.0 Å². The molecule has 2 aromatic rings. The van der Waals surface area contributed by atoms with Gasteiger partial charge in [0, 0.05) is 18.5 Å². The van der Waals surface area contributed by atoms with E-state index in [0.29, 0.717) is 0 Å². The number of likely N-dealkylation sites (tertiary alicyclic amines) is 1. The van der Waals surface area contributed by atoms with Crippen LogP contribution in [0.25, 0.3) is 0 Å². The summed E-state index contributed by atoms with van der Waals surface area (Å²) in [6, 6.07) is 15.8. The minimum Gasteiger partial charge on any atom is -0.378 e. The van der Waals surface area contributed by atoms with Crippen LogP contribution in [0.5, 0.6) is 5.75 Å². The van der Waals surface area contributed by atoms with Gasteiger partial charge in [-0.25, -0.2) is 0 Å². The van der Waals surface area contributed by atoms with Gasteiger partial charge in [-0.2, -0.15) is 18.2 Å². The van der Waals surface area contributed by atoms with Crippen molar-refractivity contribution < 1.29 is 18.0 Å². The van der Waals surface area contributed by atoms with Crippen molar-refractivity contribution in [2.45, 2.75) is 64.2 Å². The SMILES string of the molecule is CCC1=C(N[C@@H]2CCCN(C)C2)N(Oc2cccc(C(F)(F)F)c2)[C@H](C)[C@H](C)[C@@H]1c1ccccc1. The predicted octanol–water partition coefficient (Wildman–Crippen LogP) is 6.43. The van der Waals surface area contributed by atoms with E-state index in [4.69, 9.17) is 4.84 Å². The molecule has 0 aromatic heterocycles. The van der Waals surface area contributed by atoms with Crippen molar-refractivity contribution in [3.63, 3.8) is 0 Å². The van der Waals surface area contributed by atoms with Gasteiger partial charge in [0.05, 0.1) is 11.6 Å². The average molecular weight is 488 g/mol. The van der Waals surface area contributed by atoms with Crippen molar-refractivity contribution in [2.75, 3.05) is 20.1 Å². The lowest BCUT2D eigenvalue weighted by molar-refractivity contribution is -0.138. The first-order chi connectivity index (χ1) is 16.7. The van der Waals surface area contributed by atoms with Crippen molar-refractivity contribution in [1.29, 1.82) is 0 Å². The second kappa shape index (κ2) is 10.5. The summed E-state index contributed by atoms with van der Waals surface area (Å²) in [4.78, 5) is 8.58. The summed E-state index contributed by atoms with van der Waals surface area (Å²) in [7, 11) is 2.12. The van der Waals surface area contributed by atoms with E-state index < -0.39 is 11.7 Å². The Morgan fingerprint density at radius 1 is 1.06 bits per heavy atom. The van der Waals surface area contributed by atoms with Crippen LogP contribution in [0, 0.1) is 5.92 Å². The van der Waals surface area contributed by atoms with E-state index >= 15 is 0 Å². The molecular formula is C28H36F3N3O. The Bertz CT molecular complexity index is 1020. The standard InChI is InChI=1S/C28H36F3N3O/c1-5-25-26(21-11-7-6-8-12-21)19(2)20(3)34(27(25)32-23-14-10-16-33(4)18-23)35-24-15-9-13-22(17-24)28(29,30)31/h6-9,11-13,15,17,19-20,23,26,32H,5,10,14,16,18H2,1-4H3/t19-,20+,23+,26+/m0/s1. The molecular weight excluding hydrogens is 451 g/mol. The van der Waals surface area contributed by atoms with Gasteiger partial charge in [0.2, 0.25) is 0 Å². The molecule has 0 amide bonds. The van der Waals surface area contributed by atoms with Gasteiger partial charge in [-0.05, 0) is 75.0 Å².